The standard InChI is InChI=1S/C39H73NO6/c1-9-13-14-15-16-17-18-19-20-21-22-23-24-25-26-27-28-35(42)46-40-36(7,10-2)29-39(33(5)37(40,8)11-3)44-31-38(12-4,32-45-39)30-43-34(6)41/h33H,9-32H2,1-8H3. The van der Waals surface area contributed by atoms with E-state index in [0.717, 1.165) is 32.1 Å². The molecule has 0 aromatic carbocycles. The minimum atomic E-state index is -0.790. The van der Waals surface area contributed by atoms with Gasteiger partial charge in [0.05, 0.1) is 29.7 Å². The fourth-order valence-corrected chi connectivity index (χ4v) is 7.55. The van der Waals surface area contributed by atoms with E-state index in [2.05, 4.69) is 48.5 Å². The van der Waals surface area contributed by atoms with Gasteiger partial charge >= 0.3 is 11.9 Å². The summed E-state index contributed by atoms with van der Waals surface area (Å²) in [5.41, 5.74) is -1.25. The van der Waals surface area contributed by atoms with Crippen molar-refractivity contribution in [3.8, 4) is 0 Å². The third-order valence-corrected chi connectivity index (χ3v) is 11.7. The molecule has 1 spiro atoms. The Labute approximate surface area is 283 Å². The minimum absolute atomic E-state index is 0.0449. The first-order chi connectivity index (χ1) is 22.0. The fraction of sp³-hybridized carbons (Fsp3) is 0.949. The highest BCUT2D eigenvalue weighted by Gasteiger charge is 2.64. The van der Waals surface area contributed by atoms with E-state index in [9.17, 15) is 9.59 Å². The van der Waals surface area contributed by atoms with Gasteiger partial charge in [0, 0.05) is 25.7 Å². The van der Waals surface area contributed by atoms with Gasteiger partial charge in [0.15, 0.2) is 5.79 Å². The molecule has 0 amide bonds. The van der Waals surface area contributed by atoms with Crippen molar-refractivity contribution in [2.24, 2.45) is 11.3 Å². The van der Waals surface area contributed by atoms with E-state index in [1.807, 2.05) is 5.06 Å². The third-order valence-electron chi connectivity index (χ3n) is 11.7. The first-order valence-electron chi connectivity index (χ1n) is 19.4. The van der Waals surface area contributed by atoms with Crippen LogP contribution < -0.4 is 0 Å². The Morgan fingerprint density at radius 1 is 0.717 bits per heavy atom. The molecule has 2 fully saturated rings. The monoisotopic (exact) mass is 652 g/mol. The molecule has 0 bridgehead atoms. The molecule has 0 saturated carbocycles. The maximum atomic E-state index is 13.2. The molecule has 7 heteroatoms. The molecule has 2 rings (SSSR count). The molecule has 2 aliphatic heterocycles. The van der Waals surface area contributed by atoms with Crippen LogP contribution >= 0.6 is 0 Å². The van der Waals surface area contributed by atoms with E-state index in [-0.39, 0.29) is 23.3 Å². The number of rotatable bonds is 23. The lowest BCUT2D eigenvalue weighted by Crippen LogP contribution is -2.74. The number of esters is 1. The predicted molar refractivity (Wildman–Crippen MR) is 187 cm³/mol. The van der Waals surface area contributed by atoms with Crippen molar-refractivity contribution in [2.75, 3.05) is 19.8 Å². The second-order valence-electron chi connectivity index (χ2n) is 15.3. The third kappa shape index (κ3) is 11.8. The molecule has 0 aromatic rings. The van der Waals surface area contributed by atoms with Crippen LogP contribution in [0.5, 0.6) is 0 Å². The Bertz CT molecular complexity index is 871. The smallest absolute Gasteiger partial charge is 0.325 e. The lowest BCUT2D eigenvalue weighted by Gasteiger charge is -2.63. The number of carbonyl (C=O) groups excluding carboxylic acids is 2. The molecular weight excluding hydrogens is 578 g/mol. The zero-order valence-electron chi connectivity index (χ0n) is 31.4. The summed E-state index contributed by atoms with van der Waals surface area (Å²) in [5, 5.41) is 2.01. The quantitative estimate of drug-likeness (QED) is 0.0804. The molecule has 3 unspecified atom stereocenters. The van der Waals surface area contributed by atoms with Crippen molar-refractivity contribution in [1.82, 2.24) is 5.06 Å². The Balaban J connectivity index is 1.77. The van der Waals surface area contributed by atoms with Crippen molar-refractivity contribution in [1.29, 1.82) is 0 Å². The molecule has 270 valence electrons. The van der Waals surface area contributed by atoms with E-state index < -0.39 is 16.9 Å². The number of nitrogens with zero attached hydrogens (tertiary/aromatic N) is 1. The summed E-state index contributed by atoms with van der Waals surface area (Å²) in [6, 6.07) is 0. The SMILES string of the molecule is CCCCCCCCCCCCCCCCCCC(=O)ON1C(C)(CC)CC2(OCC(CC)(COC(C)=O)CO2)C(C)C1(C)CC. The van der Waals surface area contributed by atoms with Crippen LogP contribution in [-0.4, -0.2) is 53.7 Å². The molecule has 0 N–H and O–H groups in total. The number of unbranched alkanes of at least 4 members (excludes halogenated alkanes) is 15. The van der Waals surface area contributed by atoms with Gasteiger partial charge in [-0.3, -0.25) is 9.59 Å². The van der Waals surface area contributed by atoms with Crippen molar-refractivity contribution in [2.45, 2.75) is 207 Å². The number of hydrogen-bond acceptors (Lipinski definition) is 7. The number of hydrogen-bond donors (Lipinski definition) is 0. The Morgan fingerprint density at radius 3 is 1.61 bits per heavy atom. The van der Waals surface area contributed by atoms with E-state index in [1.165, 1.54) is 96.8 Å². The van der Waals surface area contributed by atoms with Gasteiger partial charge in [-0.15, -0.1) is 5.06 Å². The molecule has 46 heavy (non-hydrogen) atoms. The second kappa shape index (κ2) is 20.4. The summed E-state index contributed by atoms with van der Waals surface area (Å²) >= 11 is 0. The summed E-state index contributed by atoms with van der Waals surface area (Å²) in [7, 11) is 0. The summed E-state index contributed by atoms with van der Waals surface area (Å²) in [4.78, 5) is 31.0. The van der Waals surface area contributed by atoms with Crippen molar-refractivity contribution < 1.29 is 28.6 Å². The summed E-state index contributed by atoms with van der Waals surface area (Å²) in [5.74, 6) is -1.25. The lowest BCUT2D eigenvalue weighted by atomic mass is 9.66. The lowest BCUT2D eigenvalue weighted by molar-refractivity contribution is -0.403. The molecule has 0 radical (unpaired) electrons. The predicted octanol–water partition coefficient (Wildman–Crippen LogP) is 10.5. The topological polar surface area (TPSA) is 74.3 Å². The molecule has 0 aromatic heterocycles. The number of carbonyl (C=O) groups is 2. The number of hydroxylamine groups is 2. The highest BCUT2D eigenvalue weighted by molar-refractivity contribution is 5.69. The van der Waals surface area contributed by atoms with Crippen LogP contribution in [0, 0.1) is 11.3 Å². The van der Waals surface area contributed by atoms with E-state index in [4.69, 9.17) is 19.0 Å². The molecule has 3 atom stereocenters. The zero-order valence-corrected chi connectivity index (χ0v) is 31.4. The van der Waals surface area contributed by atoms with Crippen LogP contribution in [0.15, 0.2) is 0 Å². The van der Waals surface area contributed by atoms with Crippen molar-refractivity contribution in [3.05, 3.63) is 0 Å². The maximum Gasteiger partial charge on any atom is 0.325 e. The van der Waals surface area contributed by atoms with Crippen LogP contribution in [0.4, 0.5) is 0 Å². The second-order valence-corrected chi connectivity index (χ2v) is 15.3. The first-order valence-corrected chi connectivity index (χ1v) is 19.4. The zero-order chi connectivity index (χ0) is 34.1. The van der Waals surface area contributed by atoms with E-state index in [1.54, 1.807) is 0 Å². The van der Waals surface area contributed by atoms with Crippen LogP contribution in [0.2, 0.25) is 0 Å². The van der Waals surface area contributed by atoms with Gasteiger partial charge < -0.3 is 19.0 Å². The maximum absolute atomic E-state index is 13.2. The number of ether oxygens (including phenoxy) is 3. The molecular formula is C39H73NO6. The Morgan fingerprint density at radius 2 is 1.20 bits per heavy atom. The fourth-order valence-electron chi connectivity index (χ4n) is 7.55. The van der Waals surface area contributed by atoms with Gasteiger partial charge in [-0.05, 0) is 39.5 Å². The molecule has 2 saturated heterocycles. The van der Waals surface area contributed by atoms with Crippen molar-refractivity contribution in [3.63, 3.8) is 0 Å². The van der Waals surface area contributed by atoms with Gasteiger partial charge in [0.1, 0.15) is 6.61 Å². The molecule has 0 aliphatic carbocycles. The van der Waals surface area contributed by atoms with Crippen LogP contribution in [-0.2, 0) is 28.6 Å². The molecule has 2 aliphatic rings. The number of piperidine rings is 1. The summed E-state index contributed by atoms with van der Waals surface area (Å²) < 4.78 is 18.8. The normalized spacial score (nSPS) is 30.0. The average molecular weight is 652 g/mol. The largest absolute Gasteiger partial charge is 0.465 e. The first kappa shape index (κ1) is 41.0. The van der Waals surface area contributed by atoms with Crippen molar-refractivity contribution >= 4 is 11.9 Å². The van der Waals surface area contributed by atoms with E-state index in [0.29, 0.717) is 32.7 Å². The highest BCUT2D eigenvalue weighted by Crippen LogP contribution is 2.54. The Hall–Kier alpha value is -1.18. The average Bonchev–Trinajstić information content (AvgIpc) is 3.05. The van der Waals surface area contributed by atoms with E-state index >= 15 is 0 Å². The van der Waals surface area contributed by atoms with Gasteiger partial charge in [0.2, 0.25) is 0 Å². The van der Waals surface area contributed by atoms with Gasteiger partial charge in [-0.25, -0.2) is 0 Å². The molecule has 7 nitrogen and oxygen atoms in total. The summed E-state index contributed by atoms with van der Waals surface area (Å²) in [6.07, 6.45) is 24.5. The van der Waals surface area contributed by atoms with Crippen LogP contribution in [0.1, 0.15) is 190 Å². The van der Waals surface area contributed by atoms with Gasteiger partial charge in [-0.1, -0.05) is 131 Å². The van der Waals surface area contributed by atoms with Gasteiger partial charge in [-0.2, -0.15) is 0 Å². The minimum Gasteiger partial charge on any atom is -0.465 e. The van der Waals surface area contributed by atoms with Crippen LogP contribution in [0.25, 0.3) is 0 Å². The molecule has 2 heterocycles. The van der Waals surface area contributed by atoms with Crippen LogP contribution in [0.3, 0.4) is 0 Å². The van der Waals surface area contributed by atoms with Gasteiger partial charge in [0.25, 0.3) is 0 Å². The highest BCUT2D eigenvalue weighted by atomic mass is 16.7. The Kier molecular flexibility index (Phi) is 18.1. The summed E-state index contributed by atoms with van der Waals surface area (Å²) in [6.45, 7) is 17.9.